The van der Waals surface area contributed by atoms with E-state index in [9.17, 15) is 0 Å². The Balaban J connectivity index is 2.08. The van der Waals surface area contributed by atoms with Crippen molar-refractivity contribution in [3.63, 3.8) is 0 Å². The number of benzene rings is 2. The smallest absolute Gasteiger partial charge is 0.0584 e. The second-order valence-corrected chi connectivity index (χ2v) is 4.89. The van der Waals surface area contributed by atoms with Gasteiger partial charge in [-0.25, -0.2) is 0 Å². The second kappa shape index (κ2) is 6.25. The molecule has 0 aliphatic carbocycles. The Bertz CT molecular complexity index is 535. The molecular formula is C16H21N3. The molecular weight excluding hydrogens is 234 g/mol. The van der Waals surface area contributed by atoms with Crippen molar-refractivity contribution in [2.75, 3.05) is 10.9 Å². The Morgan fingerprint density at radius 1 is 1.00 bits per heavy atom. The van der Waals surface area contributed by atoms with Crippen molar-refractivity contribution in [1.29, 1.82) is 0 Å². The van der Waals surface area contributed by atoms with Crippen LogP contribution >= 0.6 is 0 Å². The number of nitrogens with two attached hydrogens (primary N) is 1. The molecule has 0 aliphatic heterocycles. The van der Waals surface area contributed by atoms with Crippen molar-refractivity contribution < 1.29 is 0 Å². The Kier molecular flexibility index (Phi) is 4.42. The van der Waals surface area contributed by atoms with Crippen LogP contribution in [0.1, 0.15) is 30.9 Å². The summed E-state index contributed by atoms with van der Waals surface area (Å²) in [4.78, 5) is 0. The van der Waals surface area contributed by atoms with E-state index < -0.39 is 0 Å². The number of hydrazine groups is 1. The highest BCUT2D eigenvalue weighted by Gasteiger charge is 2.01. The molecule has 0 saturated heterocycles. The van der Waals surface area contributed by atoms with E-state index in [0.29, 0.717) is 12.5 Å². The number of para-hydroxylation sites is 1. The van der Waals surface area contributed by atoms with Gasteiger partial charge >= 0.3 is 0 Å². The zero-order valence-electron chi connectivity index (χ0n) is 11.5. The van der Waals surface area contributed by atoms with Crippen LogP contribution in [0.3, 0.4) is 0 Å². The van der Waals surface area contributed by atoms with Crippen LogP contribution in [0.15, 0.2) is 48.5 Å². The molecule has 0 saturated carbocycles. The average molecular weight is 255 g/mol. The van der Waals surface area contributed by atoms with Crippen molar-refractivity contribution in [2.45, 2.75) is 26.3 Å². The molecule has 0 unspecified atom stereocenters. The predicted molar refractivity (Wildman–Crippen MR) is 82.1 cm³/mol. The van der Waals surface area contributed by atoms with Crippen LogP contribution in [0.25, 0.3) is 0 Å². The molecule has 2 aromatic carbocycles. The molecule has 3 heteroatoms. The number of hydrogen-bond donors (Lipinski definition) is 3. The molecule has 0 spiro atoms. The summed E-state index contributed by atoms with van der Waals surface area (Å²) in [5.74, 6) is 0.526. The third-order valence-corrected chi connectivity index (χ3v) is 3.13. The molecule has 19 heavy (non-hydrogen) atoms. The normalized spacial score (nSPS) is 10.5. The summed E-state index contributed by atoms with van der Waals surface area (Å²) in [6.45, 7) is 4.91. The van der Waals surface area contributed by atoms with Crippen LogP contribution in [0.4, 0.5) is 11.4 Å². The maximum atomic E-state index is 5.72. The van der Waals surface area contributed by atoms with E-state index in [1.54, 1.807) is 0 Å². The van der Waals surface area contributed by atoms with E-state index >= 15 is 0 Å². The molecule has 0 amide bonds. The molecule has 0 radical (unpaired) electrons. The van der Waals surface area contributed by atoms with Crippen molar-refractivity contribution in [3.8, 4) is 0 Å². The highest BCUT2D eigenvalue weighted by molar-refractivity contribution is 5.57. The standard InChI is InChI=1S/C16H21N3/c1-12(2)13-7-5-8-15(10-13)18-19-16-9-4-3-6-14(16)11-17/h3-10,12,18-19H,11,17H2,1-2H3. The summed E-state index contributed by atoms with van der Waals surface area (Å²) in [6, 6.07) is 16.4. The van der Waals surface area contributed by atoms with Gasteiger partial charge in [-0.05, 0) is 35.2 Å². The third kappa shape index (κ3) is 3.48. The largest absolute Gasteiger partial charge is 0.326 e. The van der Waals surface area contributed by atoms with E-state index in [0.717, 1.165) is 16.9 Å². The number of nitrogens with one attached hydrogen (secondary N) is 2. The van der Waals surface area contributed by atoms with E-state index in [4.69, 9.17) is 5.73 Å². The fraction of sp³-hybridized carbons (Fsp3) is 0.250. The van der Waals surface area contributed by atoms with Gasteiger partial charge in [0, 0.05) is 6.54 Å². The number of rotatable bonds is 5. The summed E-state index contributed by atoms with van der Waals surface area (Å²) >= 11 is 0. The highest BCUT2D eigenvalue weighted by atomic mass is 15.4. The zero-order valence-corrected chi connectivity index (χ0v) is 11.5. The Labute approximate surface area is 114 Å². The molecule has 0 atom stereocenters. The first kappa shape index (κ1) is 13.4. The molecule has 2 rings (SSSR count). The Hall–Kier alpha value is -2.00. The monoisotopic (exact) mass is 255 g/mol. The van der Waals surface area contributed by atoms with Gasteiger partial charge in [0.2, 0.25) is 0 Å². The Morgan fingerprint density at radius 3 is 2.53 bits per heavy atom. The molecule has 4 N–H and O–H groups in total. The van der Waals surface area contributed by atoms with Crippen LogP contribution < -0.4 is 16.6 Å². The van der Waals surface area contributed by atoms with Gasteiger partial charge in [0.25, 0.3) is 0 Å². The van der Waals surface area contributed by atoms with Gasteiger partial charge < -0.3 is 16.6 Å². The first-order valence-electron chi connectivity index (χ1n) is 6.60. The van der Waals surface area contributed by atoms with Gasteiger partial charge in [-0.3, -0.25) is 0 Å². The first-order chi connectivity index (χ1) is 9.20. The minimum atomic E-state index is 0.525. The lowest BCUT2D eigenvalue weighted by Gasteiger charge is -2.14. The summed E-state index contributed by atoms with van der Waals surface area (Å²) in [7, 11) is 0. The molecule has 0 aromatic heterocycles. The molecule has 0 bridgehead atoms. The van der Waals surface area contributed by atoms with E-state index in [2.05, 4.69) is 42.9 Å². The number of hydrogen-bond acceptors (Lipinski definition) is 3. The molecule has 100 valence electrons. The highest BCUT2D eigenvalue weighted by Crippen LogP contribution is 2.19. The fourth-order valence-electron chi connectivity index (χ4n) is 1.94. The zero-order chi connectivity index (χ0) is 13.7. The number of anilines is 2. The van der Waals surface area contributed by atoms with Crippen molar-refractivity contribution in [1.82, 2.24) is 0 Å². The van der Waals surface area contributed by atoms with Gasteiger partial charge in [0.15, 0.2) is 0 Å². The van der Waals surface area contributed by atoms with Crippen LogP contribution in [0.5, 0.6) is 0 Å². The average Bonchev–Trinajstić information content (AvgIpc) is 2.45. The molecule has 3 nitrogen and oxygen atoms in total. The maximum absolute atomic E-state index is 5.72. The second-order valence-electron chi connectivity index (χ2n) is 4.89. The van der Waals surface area contributed by atoms with Crippen LogP contribution in [0, 0.1) is 0 Å². The van der Waals surface area contributed by atoms with E-state index in [-0.39, 0.29) is 0 Å². The first-order valence-corrected chi connectivity index (χ1v) is 6.60. The third-order valence-electron chi connectivity index (χ3n) is 3.13. The van der Waals surface area contributed by atoms with E-state index in [1.165, 1.54) is 5.56 Å². The van der Waals surface area contributed by atoms with Gasteiger partial charge in [-0.1, -0.05) is 44.2 Å². The lowest BCUT2D eigenvalue weighted by atomic mass is 10.0. The van der Waals surface area contributed by atoms with Crippen molar-refractivity contribution in [2.24, 2.45) is 5.73 Å². The molecule has 2 aromatic rings. The van der Waals surface area contributed by atoms with E-state index in [1.807, 2.05) is 30.3 Å². The SMILES string of the molecule is CC(C)c1cccc(NNc2ccccc2CN)c1. The minimum absolute atomic E-state index is 0.525. The minimum Gasteiger partial charge on any atom is -0.326 e. The van der Waals surface area contributed by atoms with Crippen molar-refractivity contribution >= 4 is 11.4 Å². The molecule has 0 heterocycles. The van der Waals surface area contributed by atoms with Crippen molar-refractivity contribution in [3.05, 3.63) is 59.7 Å². The van der Waals surface area contributed by atoms with Gasteiger partial charge in [-0.2, -0.15) is 0 Å². The Morgan fingerprint density at radius 2 is 1.79 bits per heavy atom. The fourth-order valence-corrected chi connectivity index (χ4v) is 1.94. The summed E-state index contributed by atoms with van der Waals surface area (Å²) in [5.41, 5.74) is 16.6. The quantitative estimate of drug-likeness (QED) is 0.714. The van der Waals surface area contributed by atoms with Gasteiger partial charge in [0.1, 0.15) is 0 Å². The van der Waals surface area contributed by atoms with Gasteiger partial charge in [0.05, 0.1) is 11.4 Å². The lowest BCUT2D eigenvalue weighted by Crippen LogP contribution is -2.12. The summed E-state index contributed by atoms with van der Waals surface area (Å²) in [6.07, 6.45) is 0. The van der Waals surface area contributed by atoms with Crippen LogP contribution in [-0.2, 0) is 6.54 Å². The van der Waals surface area contributed by atoms with Gasteiger partial charge in [-0.15, -0.1) is 0 Å². The molecule has 0 aliphatic rings. The van der Waals surface area contributed by atoms with Crippen LogP contribution in [0.2, 0.25) is 0 Å². The topological polar surface area (TPSA) is 50.1 Å². The molecule has 0 fully saturated rings. The predicted octanol–water partition coefficient (Wildman–Crippen LogP) is 3.71. The lowest BCUT2D eigenvalue weighted by molar-refractivity contribution is 0.867. The summed E-state index contributed by atoms with van der Waals surface area (Å²) in [5, 5.41) is 0. The maximum Gasteiger partial charge on any atom is 0.0584 e. The summed E-state index contributed by atoms with van der Waals surface area (Å²) < 4.78 is 0. The van der Waals surface area contributed by atoms with Crippen LogP contribution in [-0.4, -0.2) is 0 Å².